The molecule has 0 saturated heterocycles. The Balaban J connectivity index is 4.31. The second-order valence-corrected chi connectivity index (χ2v) is 23.1. The van der Waals surface area contributed by atoms with Crippen LogP contribution >= 0.6 is 0 Å². The van der Waals surface area contributed by atoms with Crippen LogP contribution in [0.5, 0.6) is 0 Å². The summed E-state index contributed by atoms with van der Waals surface area (Å²) in [7, 11) is 0. The molecule has 0 aromatic heterocycles. The van der Waals surface area contributed by atoms with E-state index in [1.807, 2.05) is 0 Å². The van der Waals surface area contributed by atoms with Crippen LogP contribution in [0.15, 0.2) is 85.1 Å². The molecule has 0 aliphatic heterocycles. The molecule has 6 heteroatoms. The molecule has 1 unspecified atom stereocenters. The van der Waals surface area contributed by atoms with Crippen LogP contribution in [-0.4, -0.2) is 37.2 Å². The van der Waals surface area contributed by atoms with E-state index in [2.05, 4.69) is 106 Å². The third-order valence-corrected chi connectivity index (χ3v) is 15.1. The lowest BCUT2D eigenvalue weighted by molar-refractivity contribution is -0.167. The van der Waals surface area contributed by atoms with E-state index in [4.69, 9.17) is 14.2 Å². The monoisotopic (exact) mass is 1110 g/mol. The Morgan fingerprint density at radius 2 is 0.500 bits per heavy atom. The molecule has 0 N–H and O–H groups in total. The second kappa shape index (κ2) is 68.1. The van der Waals surface area contributed by atoms with E-state index >= 15 is 0 Å². The number of unbranched alkanes of at least 4 members (excludes halogenated alkanes) is 38. The maximum absolute atomic E-state index is 12.9. The van der Waals surface area contributed by atoms with Crippen LogP contribution in [0.3, 0.4) is 0 Å². The summed E-state index contributed by atoms with van der Waals surface area (Å²) in [5.74, 6) is -0.891. The summed E-state index contributed by atoms with van der Waals surface area (Å²) >= 11 is 0. The van der Waals surface area contributed by atoms with Crippen molar-refractivity contribution in [3.63, 3.8) is 0 Å². The van der Waals surface area contributed by atoms with Gasteiger partial charge in [0.2, 0.25) is 0 Å². The fourth-order valence-electron chi connectivity index (χ4n) is 9.96. The van der Waals surface area contributed by atoms with Crippen molar-refractivity contribution in [2.45, 2.75) is 354 Å². The quantitative estimate of drug-likeness (QED) is 0.0261. The lowest BCUT2D eigenvalue weighted by atomic mass is 10.0. The summed E-state index contributed by atoms with van der Waals surface area (Å²) in [6, 6.07) is 0. The maximum Gasteiger partial charge on any atom is 0.306 e. The Bertz CT molecular complexity index is 1520. The lowest BCUT2D eigenvalue weighted by Crippen LogP contribution is -2.30. The van der Waals surface area contributed by atoms with Gasteiger partial charge in [-0.3, -0.25) is 14.4 Å². The van der Waals surface area contributed by atoms with Crippen molar-refractivity contribution in [3.05, 3.63) is 85.1 Å². The van der Waals surface area contributed by atoms with Crippen molar-refractivity contribution < 1.29 is 28.6 Å². The zero-order chi connectivity index (χ0) is 57.8. The van der Waals surface area contributed by atoms with Crippen LogP contribution in [0.1, 0.15) is 348 Å². The number of ether oxygens (including phenoxy) is 3. The maximum atomic E-state index is 12.9. The van der Waals surface area contributed by atoms with Crippen molar-refractivity contribution in [1.29, 1.82) is 0 Å². The van der Waals surface area contributed by atoms with Crippen LogP contribution in [0.4, 0.5) is 0 Å². The molecule has 80 heavy (non-hydrogen) atoms. The fourth-order valence-corrected chi connectivity index (χ4v) is 9.96. The smallest absolute Gasteiger partial charge is 0.306 e. The molecule has 0 aliphatic rings. The first-order chi connectivity index (χ1) is 39.5. The van der Waals surface area contributed by atoms with Gasteiger partial charge in [0.1, 0.15) is 13.2 Å². The van der Waals surface area contributed by atoms with Crippen LogP contribution in [0.2, 0.25) is 0 Å². The summed E-state index contributed by atoms with van der Waals surface area (Å²) < 4.78 is 17.0. The molecule has 0 radical (unpaired) electrons. The van der Waals surface area contributed by atoms with Gasteiger partial charge in [-0.25, -0.2) is 0 Å². The van der Waals surface area contributed by atoms with Gasteiger partial charge in [-0.05, 0) is 89.9 Å². The van der Waals surface area contributed by atoms with E-state index < -0.39 is 6.10 Å². The third-order valence-electron chi connectivity index (χ3n) is 15.1. The Hall–Kier alpha value is -3.41. The van der Waals surface area contributed by atoms with Crippen LogP contribution in [0.25, 0.3) is 0 Å². The summed E-state index contributed by atoms with van der Waals surface area (Å²) in [5.41, 5.74) is 0. The van der Waals surface area contributed by atoms with E-state index in [9.17, 15) is 14.4 Å². The van der Waals surface area contributed by atoms with Gasteiger partial charge in [0.05, 0.1) is 0 Å². The van der Waals surface area contributed by atoms with Crippen LogP contribution in [-0.2, 0) is 28.6 Å². The van der Waals surface area contributed by atoms with Gasteiger partial charge in [-0.15, -0.1) is 0 Å². The fraction of sp³-hybridized carbons (Fsp3) is 0.770. The molecular formula is C74H130O6. The van der Waals surface area contributed by atoms with Crippen molar-refractivity contribution in [2.24, 2.45) is 0 Å². The van der Waals surface area contributed by atoms with E-state index in [-0.39, 0.29) is 31.1 Å². The van der Waals surface area contributed by atoms with Crippen LogP contribution < -0.4 is 0 Å². The number of carbonyl (C=O) groups is 3. The van der Waals surface area contributed by atoms with Gasteiger partial charge in [-0.2, -0.15) is 0 Å². The number of rotatable bonds is 63. The minimum atomic E-state index is -0.790. The summed E-state index contributed by atoms with van der Waals surface area (Å²) in [5, 5.41) is 0. The molecule has 0 aromatic rings. The normalized spacial score (nSPS) is 12.6. The molecule has 1 atom stereocenters. The molecule has 0 amide bonds. The van der Waals surface area contributed by atoms with Crippen molar-refractivity contribution in [1.82, 2.24) is 0 Å². The summed E-state index contributed by atoms with van der Waals surface area (Å²) in [6.07, 6.45) is 90.3. The largest absolute Gasteiger partial charge is 0.462 e. The number of esters is 3. The zero-order valence-corrected chi connectivity index (χ0v) is 53.1. The molecule has 0 aromatic carbocycles. The van der Waals surface area contributed by atoms with Crippen molar-refractivity contribution >= 4 is 17.9 Å². The number of hydrogen-bond acceptors (Lipinski definition) is 6. The van der Waals surface area contributed by atoms with Crippen molar-refractivity contribution in [2.75, 3.05) is 13.2 Å². The Labute approximate surface area is 496 Å². The average molecular weight is 1120 g/mol. The number of carbonyl (C=O) groups excluding carboxylic acids is 3. The molecule has 0 heterocycles. The first-order valence-electron chi connectivity index (χ1n) is 34.6. The Morgan fingerprint density at radius 3 is 0.800 bits per heavy atom. The summed E-state index contributed by atoms with van der Waals surface area (Å²) in [4.78, 5) is 38.4. The lowest BCUT2D eigenvalue weighted by Gasteiger charge is -2.18. The Kier molecular flexibility index (Phi) is 65.2. The predicted octanol–water partition coefficient (Wildman–Crippen LogP) is 23.8. The van der Waals surface area contributed by atoms with Crippen LogP contribution in [0, 0.1) is 0 Å². The van der Waals surface area contributed by atoms with E-state index in [0.717, 1.165) is 116 Å². The second-order valence-electron chi connectivity index (χ2n) is 23.1. The van der Waals surface area contributed by atoms with E-state index in [1.54, 1.807) is 0 Å². The first-order valence-corrected chi connectivity index (χ1v) is 34.6. The standard InChI is InChI=1S/C74H130O6/c1-4-7-10-13-16-19-22-25-28-30-32-34-36-37-39-40-42-44-46-49-52-55-58-61-64-67-73(76)79-70-71(69-78-72(75)66-63-60-57-54-51-48-27-24-21-18-15-12-9-6-3)80-74(77)68-65-62-59-56-53-50-47-45-43-41-38-35-33-31-29-26-23-20-17-14-11-8-5-2/h8,11,15,17-18,20,24,26-27,29,33,35,41,43,71H,4-7,9-10,12-14,16,19,21-23,25,28,30-32,34,36-40,42,44-70H2,1-3H3/b11-8-,18-15-,20-17-,27-24-,29-26-,35-33-,43-41-. The predicted molar refractivity (Wildman–Crippen MR) is 348 cm³/mol. The topological polar surface area (TPSA) is 78.9 Å². The summed E-state index contributed by atoms with van der Waals surface area (Å²) in [6.45, 7) is 6.51. The van der Waals surface area contributed by atoms with Gasteiger partial charge in [0.25, 0.3) is 0 Å². The first kappa shape index (κ1) is 76.6. The van der Waals surface area contributed by atoms with Gasteiger partial charge in [0, 0.05) is 19.3 Å². The van der Waals surface area contributed by atoms with E-state index in [0.29, 0.717) is 19.3 Å². The molecule has 0 rings (SSSR count). The highest BCUT2D eigenvalue weighted by Crippen LogP contribution is 2.18. The number of allylic oxidation sites excluding steroid dienone is 14. The molecule has 0 bridgehead atoms. The minimum Gasteiger partial charge on any atom is -0.462 e. The third kappa shape index (κ3) is 65.4. The SMILES string of the molecule is CC/C=C\C/C=C\C/C=C\C/C=C\C/C=C\CCCCCCCCCC(=O)OC(COC(=O)CCCCCCC/C=C\C/C=C\CCCC)COC(=O)CCCCCCCCCCCCCCCCCCCCCCCCCCC. The average Bonchev–Trinajstić information content (AvgIpc) is 3.46. The molecule has 462 valence electrons. The molecule has 0 spiro atoms. The van der Waals surface area contributed by atoms with Gasteiger partial charge < -0.3 is 14.2 Å². The molecule has 0 aliphatic carbocycles. The zero-order valence-electron chi connectivity index (χ0n) is 53.1. The minimum absolute atomic E-state index is 0.0828. The Morgan fingerprint density at radius 1 is 0.263 bits per heavy atom. The highest BCUT2D eigenvalue weighted by atomic mass is 16.6. The van der Waals surface area contributed by atoms with E-state index in [1.165, 1.54) is 193 Å². The highest BCUT2D eigenvalue weighted by Gasteiger charge is 2.19. The highest BCUT2D eigenvalue weighted by molar-refractivity contribution is 5.71. The molecular weight excluding hydrogens is 985 g/mol. The molecule has 0 fully saturated rings. The van der Waals surface area contributed by atoms with Gasteiger partial charge in [-0.1, -0.05) is 324 Å². The van der Waals surface area contributed by atoms with Gasteiger partial charge in [0.15, 0.2) is 6.10 Å². The number of hydrogen-bond donors (Lipinski definition) is 0. The van der Waals surface area contributed by atoms with Crippen molar-refractivity contribution in [3.8, 4) is 0 Å². The molecule has 6 nitrogen and oxygen atoms in total. The molecule has 0 saturated carbocycles. The van der Waals surface area contributed by atoms with Gasteiger partial charge >= 0.3 is 17.9 Å².